The zero-order valence-electron chi connectivity index (χ0n) is 16.0. The number of carbonyl (C=O) groups is 2. The number of nitrogens with zero attached hydrogens (tertiary/aromatic N) is 1. The lowest BCUT2D eigenvalue weighted by Gasteiger charge is -2.07. The highest BCUT2D eigenvalue weighted by atomic mass is 35.5. The van der Waals surface area contributed by atoms with Crippen LogP contribution in [0.3, 0.4) is 0 Å². The average molecular weight is 414 g/mol. The molecule has 3 rings (SSSR count). The first-order valence-corrected chi connectivity index (χ1v) is 9.34. The minimum atomic E-state index is -1.02. The number of ether oxygens (including phenoxy) is 2. The third-order valence-electron chi connectivity index (χ3n) is 4.35. The van der Waals surface area contributed by atoms with Gasteiger partial charge in [-0.3, -0.25) is 4.79 Å². The van der Waals surface area contributed by atoms with Gasteiger partial charge in [-0.1, -0.05) is 29.8 Å². The molecule has 7 heteroatoms. The zero-order valence-corrected chi connectivity index (χ0v) is 16.8. The molecule has 3 aromatic rings. The minimum absolute atomic E-state index is 0.0753. The number of halogens is 1. The van der Waals surface area contributed by atoms with Gasteiger partial charge in [0.25, 0.3) is 5.78 Å². The Bertz CT molecular complexity index is 1100. The molecule has 0 saturated heterocycles. The van der Waals surface area contributed by atoms with Gasteiger partial charge in [0.15, 0.2) is 0 Å². The number of carbonyl (C=O) groups excluding carboxylic acids is 2. The lowest BCUT2D eigenvalue weighted by molar-refractivity contribution is -0.151. The highest BCUT2D eigenvalue weighted by molar-refractivity contribution is 6.39. The second kappa shape index (κ2) is 8.84. The molecule has 150 valence electrons. The Morgan fingerprint density at radius 2 is 1.97 bits per heavy atom. The lowest BCUT2D eigenvalue weighted by Crippen LogP contribution is -2.15. The van der Waals surface area contributed by atoms with Gasteiger partial charge in [0.2, 0.25) is 0 Å². The second-order valence-electron chi connectivity index (χ2n) is 6.27. The number of hydrogen-bond acceptors (Lipinski definition) is 5. The number of methoxy groups -OCH3 is 1. The van der Waals surface area contributed by atoms with Crippen molar-refractivity contribution in [2.75, 3.05) is 13.7 Å². The van der Waals surface area contributed by atoms with Crippen molar-refractivity contribution < 1.29 is 24.2 Å². The molecule has 0 aliphatic rings. The van der Waals surface area contributed by atoms with Crippen molar-refractivity contribution >= 4 is 40.0 Å². The first-order valence-electron chi connectivity index (χ1n) is 8.97. The van der Waals surface area contributed by atoms with Crippen LogP contribution in [0, 0.1) is 0 Å². The van der Waals surface area contributed by atoms with Crippen molar-refractivity contribution in [3.8, 4) is 5.75 Å². The molecule has 6 nitrogen and oxygen atoms in total. The normalized spacial score (nSPS) is 11.5. The molecule has 0 aliphatic heterocycles. The molecule has 2 aromatic carbocycles. The van der Waals surface area contributed by atoms with E-state index in [1.54, 1.807) is 25.3 Å². The van der Waals surface area contributed by atoms with Crippen LogP contribution in [0.1, 0.15) is 18.1 Å². The Morgan fingerprint density at radius 3 is 2.66 bits per heavy atom. The molecule has 0 saturated carbocycles. The topological polar surface area (TPSA) is 77.8 Å². The van der Waals surface area contributed by atoms with Crippen LogP contribution in [-0.4, -0.2) is 35.1 Å². The Hall–Kier alpha value is -3.25. The maximum Gasteiger partial charge on any atom is 0.379 e. The van der Waals surface area contributed by atoms with Crippen molar-refractivity contribution in [2.24, 2.45) is 0 Å². The summed E-state index contributed by atoms with van der Waals surface area (Å²) in [4.78, 5) is 23.6. The molecule has 1 aromatic heterocycles. The molecule has 0 aliphatic carbocycles. The lowest BCUT2D eigenvalue weighted by atomic mass is 10.1. The highest BCUT2D eigenvalue weighted by Gasteiger charge is 2.19. The number of esters is 1. The Morgan fingerprint density at radius 1 is 1.21 bits per heavy atom. The predicted molar refractivity (Wildman–Crippen MR) is 111 cm³/mol. The van der Waals surface area contributed by atoms with E-state index in [0.717, 1.165) is 17.2 Å². The van der Waals surface area contributed by atoms with Crippen LogP contribution in [0.2, 0.25) is 5.02 Å². The van der Waals surface area contributed by atoms with Gasteiger partial charge < -0.3 is 19.1 Å². The quantitative estimate of drug-likeness (QED) is 0.269. The first-order chi connectivity index (χ1) is 13.9. The van der Waals surface area contributed by atoms with Crippen molar-refractivity contribution in [3.63, 3.8) is 0 Å². The summed E-state index contributed by atoms with van der Waals surface area (Å²) in [5.74, 6) is -1.77. The third-order valence-corrected chi connectivity index (χ3v) is 4.59. The molecule has 0 amide bonds. The van der Waals surface area contributed by atoms with Crippen molar-refractivity contribution in [1.29, 1.82) is 0 Å². The van der Waals surface area contributed by atoms with Gasteiger partial charge in [-0.25, -0.2) is 4.79 Å². The summed E-state index contributed by atoms with van der Waals surface area (Å²) in [5.41, 5.74) is 2.13. The van der Waals surface area contributed by atoms with Gasteiger partial charge in [-0.2, -0.15) is 0 Å². The van der Waals surface area contributed by atoms with E-state index in [9.17, 15) is 14.7 Å². The molecule has 29 heavy (non-hydrogen) atoms. The first kappa shape index (κ1) is 20.5. The molecule has 0 radical (unpaired) electrons. The van der Waals surface area contributed by atoms with Crippen LogP contribution in [0.15, 0.2) is 54.7 Å². The van der Waals surface area contributed by atoms with Gasteiger partial charge in [-0.05, 0) is 36.8 Å². The largest absolute Gasteiger partial charge is 0.507 e. The fourth-order valence-electron chi connectivity index (χ4n) is 3.11. The maximum absolute atomic E-state index is 12.0. The zero-order chi connectivity index (χ0) is 21.0. The number of rotatable bonds is 7. The number of fused-ring (bicyclic) bond motifs is 1. The van der Waals surface area contributed by atoms with Gasteiger partial charge in [-0.15, -0.1) is 0 Å². The van der Waals surface area contributed by atoms with Crippen molar-refractivity contribution in [1.82, 2.24) is 4.57 Å². The summed E-state index contributed by atoms with van der Waals surface area (Å²) < 4.78 is 12.0. The number of hydrogen-bond donors (Lipinski definition) is 1. The summed E-state index contributed by atoms with van der Waals surface area (Å²) in [6.45, 7) is 2.17. The fourth-order valence-corrected chi connectivity index (χ4v) is 3.32. The van der Waals surface area contributed by atoms with E-state index < -0.39 is 11.8 Å². The number of benzene rings is 2. The van der Waals surface area contributed by atoms with Gasteiger partial charge in [0, 0.05) is 29.4 Å². The van der Waals surface area contributed by atoms with Crippen LogP contribution < -0.4 is 4.74 Å². The Balaban J connectivity index is 2.09. The van der Waals surface area contributed by atoms with Crippen LogP contribution in [0.5, 0.6) is 5.75 Å². The summed E-state index contributed by atoms with van der Waals surface area (Å²) in [5, 5.41) is 11.8. The molecule has 0 bridgehead atoms. The maximum atomic E-state index is 12.0. The summed E-state index contributed by atoms with van der Waals surface area (Å²) in [7, 11) is 1.53. The van der Waals surface area contributed by atoms with Gasteiger partial charge in [0.05, 0.1) is 24.6 Å². The third kappa shape index (κ3) is 4.43. The number of ketones is 1. The van der Waals surface area contributed by atoms with Gasteiger partial charge >= 0.3 is 5.97 Å². The van der Waals surface area contributed by atoms with E-state index >= 15 is 0 Å². The average Bonchev–Trinajstić information content (AvgIpc) is 3.07. The van der Waals surface area contributed by atoms with E-state index in [2.05, 4.69) is 4.74 Å². The van der Waals surface area contributed by atoms with Crippen LogP contribution in [0.25, 0.3) is 16.7 Å². The number of aliphatic hydroxyl groups excluding tert-OH is 1. The molecule has 1 N–H and O–H groups in total. The van der Waals surface area contributed by atoms with E-state index in [0.29, 0.717) is 28.3 Å². The van der Waals surface area contributed by atoms with Crippen LogP contribution >= 0.6 is 11.6 Å². The molecule has 0 unspecified atom stereocenters. The molecule has 0 fully saturated rings. The van der Waals surface area contributed by atoms with E-state index in [1.807, 2.05) is 34.9 Å². The van der Waals surface area contributed by atoms with Crippen LogP contribution in [-0.2, 0) is 20.9 Å². The molecule has 0 atom stereocenters. The van der Waals surface area contributed by atoms with Crippen LogP contribution in [0.4, 0.5) is 0 Å². The Kier molecular flexibility index (Phi) is 6.24. The fraction of sp³-hybridized carbons (Fsp3) is 0.182. The molecule has 1 heterocycles. The van der Waals surface area contributed by atoms with E-state index in [1.165, 1.54) is 7.11 Å². The molecular weight excluding hydrogens is 394 g/mol. The van der Waals surface area contributed by atoms with E-state index in [4.69, 9.17) is 16.3 Å². The van der Waals surface area contributed by atoms with Crippen molar-refractivity contribution in [2.45, 2.75) is 13.5 Å². The number of aliphatic hydroxyl groups is 1. The highest BCUT2D eigenvalue weighted by Crippen LogP contribution is 2.34. The number of aromatic nitrogens is 1. The van der Waals surface area contributed by atoms with Gasteiger partial charge in [0.1, 0.15) is 11.5 Å². The summed E-state index contributed by atoms with van der Waals surface area (Å²) in [6.07, 6.45) is 2.57. The molecular formula is C22H20ClNO5. The minimum Gasteiger partial charge on any atom is -0.507 e. The van der Waals surface area contributed by atoms with E-state index in [-0.39, 0.29) is 12.4 Å². The predicted octanol–water partition coefficient (Wildman–Crippen LogP) is 4.38. The monoisotopic (exact) mass is 413 g/mol. The smallest absolute Gasteiger partial charge is 0.379 e. The SMILES string of the molecule is CCOC(=O)C(=O)C=C(O)c1cn(Cc2cccc(Cl)c2)c2cccc(OC)c12. The summed E-state index contributed by atoms with van der Waals surface area (Å²) >= 11 is 6.09. The second-order valence-corrected chi connectivity index (χ2v) is 6.71. The Labute approximate surface area is 172 Å². The standard InChI is InChI=1S/C22H20ClNO5/c1-3-29-22(27)19(26)11-18(25)16-13-24(12-14-6-4-7-15(23)10-14)17-8-5-9-20(28-2)21(16)17/h4-11,13,25H,3,12H2,1-2H3. The van der Waals surface area contributed by atoms with Crippen molar-refractivity contribution in [3.05, 3.63) is 70.9 Å². The molecule has 0 spiro atoms. The summed E-state index contributed by atoms with van der Waals surface area (Å²) in [6, 6.07) is 12.9.